The number of hydrogen-bond acceptors (Lipinski definition) is 20. The minimum Gasteiger partial charge on any atom is -0.379 e. The molecule has 0 aliphatic carbocycles. The van der Waals surface area contributed by atoms with E-state index in [1.165, 1.54) is 89.9 Å². The van der Waals surface area contributed by atoms with E-state index in [0.29, 0.717) is 84.5 Å². The quantitative estimate of drug-likeness (QED) is 0.110. The average molecular weight is 1810 g/mol. The Morgan fingerprint density at radius 3 is 1.23 bits per heavy atom. The second-order valence-electron chi connectivity index (χ2n) is 37.4. The van der Waals surface area contributed by atoms with Gasteiger partial charge in [0.05, 0.1) is 103 Å². The highest BCUT2D eigenvalue weighted by Gasteiger charge is 2.42. The molecule has 4 fully saturated rings. The van der Waals surface area contributed by atoms with Gasteiger partial charge in [0.15, 0.2) is 23.3 Å². The Kier molecular flexibility index (Phi) is 23.8. The molecule has 4 saturated heterocycles. The first-order valence-electron chi connectivity index (χ1n) is 47.2. The van der Waals surface area contributed by atoms with Gasteiger partial charge >= 0.3 is 0 Å². The summed E-state index contributed by atoms with van der Waals surface area (Å²) in [5.41, 5.74) is 30.6. The molecular weight excluding hydrogens is 1700 g/mol. The fourth-order valence-electron chi connectivity index (χ4n) is 21.3. The number of benzene rings is 4. The maximum Gasteiger partial charge on any atom is 0.250 e. The van der Waals surface area contributed by atoms with Gasteiger partial charge in [0.1, 0.15) is 0 Å². The maximum absolute atomic E-state index is 12.2. The van der Waals surface area contributed by atoms with Gasteiger partial charge in [-0.05, 0) is 182 Å². The highest BCUT2D eigenvalue weighted by molar-refractivity contribution is 6.32. The molecule has 0 radical (unpaired) electrons. The van der Waals surface area contributed by atoms with Crippen LogP contribution in [0.1, 0.15) is 156 Å². The van der Waals surface area contributed by atoms with Gasteiger partial charge in [-0.25, -0.2) is 0 Å². The molecule has 133 heavy (non-hydrogen) atoms. The molecule has 0 bridgehead atoms. The van der Waals surface area contributed by atoms with Crippen molar-refractivity contribution in [2.75, 3.05) is 125 Å². The van der Waals surface area contributed by atoms with Crippen LogP contribution in [0.3, 0.4) is 0 Å². The van der Waals surface area contributed by atoms with Crippen molar-refractivity contribution >= 4 is 81.3 Å². The van der Waals surface area contributed by atoms with Gasteiger partial charge in [-0.3, -0.25) is 57.3 Å². The molecule has 4 amide bonds. The van der Waals surface area contributed by atoms with Crippen molar-refractivity contribution in [1.29, 1.82) is 0 Å². The van der Waals surface area contributed by atoms with Crippen molar-refractivity contribution in [3.8, 4) is 44.5 Å². The number of anilines is 8. The number of aryl methyl sites for hydroxylation is 7. The van der Waals surface area contributed by atoms with Crippen molar-refractivity contribution < 1.29 is 38.1 Å². The lowest BCUT2D eigenvalue weighted by molar-refractivity contribution is -0.130. The monoisotopic (exact) mass is 1810 g/mol. The van der Waals surface area contributed by atoms with Crippen molar-refractivity contribution in [3.63, 3.8) is 0 Å². The predicted octanol–water partition coefficient (Wildman–Crippen LogP) is 13.9. The molecule has 31 heteroatoms. The van der Waals surface area contributed by atoms with Crippen molar-refractivity contribution in [2.24, 2.45) is 14.1 Å². The maximum atomic E-state index is 12.2. The Morgan fingerprint density at radius 2 is 0.820 bits per heavy atom. The van der Waals surface area contributed by atoms with E-state index in [9.17, 15) is 24.0 Å². The standard InChI is InChI=1S/C26H29N5O3.2C26H29N5O2.C24H27ClN6O2/c1-17(32)29-11-9-24-22(14-29)26(27-31(24)21-15-34-16-21)30-10-3-4-19-12-18(5-7-23(19)30)20-6-8-25(33)28(2)13-20;1-17-22(6-3-10-27-17)19-7-8-24-20(13-19)5-4-11-30(24)26-23-14-29(18(2)32)12-9-25(23)31(28-26)21-15-33-16-21;1-17-5-6-21(13-27-17)19-7-8-24-20(12-19)4-3-10-30(24)26-23-14-29(18(2)32)11-9-25(23)31(28-26)22-15-33-16-22;1-15(32)29-6-4-22-20(13-29)24(27-31(22)18-5-8-33-14-18)30-7-3-19-21(25)9-16(10-23(19)30)17-11-26-28(2)12-17/h5-8,12-13,21H,3-4,9-11,14-16H2,1-2H3;3,6-8,10,13,21H,4-5,9,11-12,14-16H2,1-2H3;5-8,12-13,22H,3-4,9-11,14-16H2,1-2H3;9-12,18H,3-8,13-14H2,1-2H3. The summed E-state index contributed by atoms with van der Waals surface area (Å²) in [5.74, 6) is 4.40. The zero-order valence-electron chi connectivity index (χ0n) is 77.1. The van der Waals surface area contributed by atoms with Gasteiger partial charge in [-0.2, -0.15) is 25.5 Å². The fourth-order valence-corrected chi connectivity index (χ4v) is 21.6. The highest BCUT2D eigenvalue weighted by Crippen LogP contribution is 2.48. The Hall–Kier alpha value is -12.6. The first kappa shape index (κ1) is 87.1. The summed E-state index contributed by atoms with van der Waals surface area (Å²) in [6.07, 6.45) is 21.0. The fraction of sp³-hybridized carbons (Fsp3) is 0.431. The van der Waals surface area contributed by atoms with Gasteiger partial charge in [-0.1, -0.05) is 41.9 Å². The molecule has 30 nitrogen and oxygen atoms in total. The third kappa shape index (κ3) is 16.8. The van der Waals surface area contributed by atoms with Crippen molar-refractivity contribution in [2.45, 2.75) is 169 Å². The van der Waals surface area contributed by atoms with E-state index in [1.54, 1.807) is 50.1 Å². The van der Waals surface area contributed by atoms with Crippen LogP contribution in [0.4, 0.5) is 46.0 Å². The summed E-state index contributed by atoms with van der Waals surface area (Å²) in [7, 11) is 3.69. The van der Waals surface area contributed by atoms with E-state index in [0.717, 1.165) is 220 Å². The molecule has 4 aromatic carbocycles. The van der Waals surface area contributed by atoms with Crippen LogP contribution >= 0.6 is 11.6 Å². The lowest BCUT2D eigenvalue weighted by atomic mass is 9.95. The number of hydrogen-bond donors (Lipinski definition) is 0. The molecule has 8 aromatic heterocycles. The molecule has 24 rings (SSSR count). The first-order chi connectivity index (χ1) is 64.7. The van der Waals surface area contributed by atoms with Crippen LogP contribution in [0.25, 0.3) is 44.5 Å². The summed E-state index contributed by atoms with van der Waals surface area (Å²) in [6, 6.07) is 37.2. The van der Waals surface area contributed by atoms with Crippen LogP contribution in [-0.4, -0.2) is 212 Å². The number of carbonyl (C=O) groups excluding carboxylic acids is 4. The summed E-state index contributed by atoms with van der Waals surface area (Å²) in [4.78, 5) is 86.5. The van der Waals surface area contributed by atoms with E-state index in [-0.39, 0.29) is 41.3 Å². The van der Waals surface area contributed by atoms with Gasteiger partial charge in [0, 0.05) is 258 Å². The predicted molar refractivity (Wildman–Crippen MR) is 508 cm³/mol. The minimum absolute atomic E-state index is 0.00953. The number of pyridine rings is 3. The third-order valence-corrected chi connectivity index (χ3v) is 29.2. The van der Waals surface area contributed by atoms with Crippen molar-refractivity contribution in [3.05, 3.63) is 228 Å². The molecule has 0 spiro atoms. The number of ether oxygens (including phenoxy) is 4. The summed E-state index contributed by atoms with van der Waals surface area (Å²) in [6.45, 7) is 25.4. The number of amides is 4. The normalized spacial score (nSPS) is 18.4. The molecule has 12 aliphatic rings. The molecule has 12 aromatic rings. The van der Waals surface area contributed by atoms with Crippen LogP contribution in [0, 0.1) is 13.8 Å². The summed E-state index contributed by atoms with van der Waals surface area (Å²) < 4.78 is 34.2. The zero-order valence-corrected chi connectivity index (χ0v) is 77.8. The Labute approximate surface area is 778 Å². The highest BCUT2D eigenvalue weighted by atomic mass is 35.5. The molecule has 1 unspecified atom stereocenters. The molecule has 0 N–H and O–H groups in total. The van der Waals surface area contributed by atoms with Gasteiger partial charge < -0.3 is 62.7 Å². The largest absolute Gasteiger partial charge is 0.379 e. The molecule has 1 atom stereocenters. The molecule has 20 heterocycles. The smallest absolute Gasteiger partial charge is 0.250 e. The number of nitrogens with zero attached hydrogens (tertiary/aromatic N) is 21. The van der Waals surface area contributed by atoms with E-state index in [2.05, 4.69) is 139 Å². The molecule has 12 aliphatic heterocycles. The summed E-state index contributed by atoms with van der Waals surface area (Å²) in [5, 5.41) is 25.6. The Bertz CT molecular complexity index is 6580. The van der Waals surface area contributed by atoms with E-state index in [1.807, 2.05) is 82.8 Å². The van der Waals surface area contributed by atoms with E-state index >= 15 is 0 Å². The Morgan fingerprint density at radius 1 is 0.391 bits per heavy atom. The van der Waals surface area contributed by atoms with Gasteiger partial charge in [0.2, 0.25) is 29.2 Å². The molecule has 688 valence electrons. The van der Waals surface area contributed by atoms with E-state index in [4.69, 9.17) is 50.9 Å². The first-order valence-corrected chi connectivity index (χ1v) is 47.6. The number of rotatable bonds is 12. The number of halogens is 1. The second kappa shape index (κ2) is 36.4. The van der Waals surface area contributed by atoms with E-state index < -0.39 is 0 Å². The number of carbonyl (C=O) groups is 4. The van der Waals surface area contributed by atoms with Crippen LogP contribution in [0.5, 0.6) is 0 Å². The topological polar surface area (TPSA) is 268 Å². The van der Waals surface area contributed by atoms with Crippen LogP contribution < -0.4 is 25.2 Å². The molecule has 0 saturated carbocycles. The Balaban J connectivity index is 0.000000107. The SMILES string of the molecule is CC(=O)N1CCc2c(c(N3CCCc4cc(-c5ccc(=O)n(C)c5)ccc43)nn2C2COC2)C1.CC(=O)N1CCc2c(c(N3CCCc4cc(-c5ccc(C)nc5)ccc43)nn2C2COC2)C1.CC(=O)N1CCc2c(c(N3CCCc4cc(-c5cccnc5C)ccc43)nn2C2COC2)C1.CC(=O)N1CCc2c(c(N3CCc4c(Cl)cc(-c5cnn(C)c5)cc43)nn2C2CCOC2)C1. The van der Waals surface area contributed by atoms with Crippen molar-refractivity contribution in [1.82, 2.24) is 83.0 Å². The third-order valence-electron chi connectivity index (χ3n) is 28.9. The zero-order chi connectivity index (χ0) is 91.1. The minimum atomic E-state index is -0.00953. The van der Waals surface area contributed by atoms with Crippen LogP contribution in [0.2, 0.25) is 5.02 Å². The van der Waals surface area contributed by atoms with Gasteiger partial charge in [0.25, 0.3) is 0 Å². The van der Waals surface area contributed by atoms with Crippen LogP contribution in [0.15, 0.2) is 139 Å². The lowest BCUT2D eigenvalue weighted by Gasteiger charge is -2.33. The molecular formula is C102H114ClN21O9. The number of aromatic nitrogens is 13. The second-order valence-corrected chi connectivity index (χ2v) is 37.8. The average Bonchev–Trinajstić information content (AvgIpc) is 1.60. The van der Waals surface area contributed by atoms with Crippen LogP contribution in [-0.2, 0) is 130 Å². The summed E-state index contributed by atoms with van der Waals surface area (Å²) >= 11 is 6.75. The van der Waals surface area contributed by atoms with Gasteiger partial charge in [-0.15, -0.1) is 0 Å². The number of fused-ring (bicyclic) bond motifs is 8. The lowest BCUT2D eigenvalue weighted by Crippen LogP contribution is -2.37.